The van der Waals surface area contributed by atoms with E-state index in [1.165, 1.54) is 18.5 Å². The van der Waals surface area contributed by atoms with Crippen LogP contribution in [0.4, 0.5) is 17.6 Å². The zero-order valence-corrected chi connectivity index (χ0v) is 16.4. The third-order valence-electron chi connectivity index (χ3n) is 5.07. The molecule has 2 aromatic heterocycles. The summed E-state index contributed by atoms with van der Waals surface area (Å²) < 4.78 is 55.0. The third-order valence-corrected chi connectivity index (χ3v) is 5.07. The van der Waals surface area contributed by atoms with E-state index in [-0.39, 0.29) is 28.8 Å². The predicted molar refractivity (Wildman–Crippen MR) is 102 cm³/mol. The number of benzene rings is 1. The van der Waals surface area contributed by atoms with E-state index in [1.807, 2.05) is 0 Å². The first-order valence-electron chi connectivity index (χ1n) is 9.34. The lowest BCUT2D eigenvalue weighted by Crippen LogP contribution is -2.37. The number of ether oxygens (including phenoxy) is 1. The fourth-order valence-corrected chi connectivity index (χ4v) is 3.43. The van der Waals surface area contributed by atoms with Crippen LogP contribution in [-0.4, -0.2) is 32.2 Å². The molecule has 166 valence electrons. The minimum absolute atomic E-state index is 0.0131. The van der Waals surface area contributed by atoms with Gasteiger partial charge in [-0.3, -0.25) is 9.59 Å². The van der Waals surface area contributed by atoms with E-state index in [1.54, 1.807) is 13.0 Å². The second-order valence-electron chi connectivity index (χ2n) is 7.28. The Kier molecular flexibility index (Phi) is 5.15. The molecule has 3 aromatic rings. The van der Waals surface area contributed by atoms with Crippen LogP contribution < -0.4 is 15.6 Å². The van der Waals surface area contributed by atoms with Gasteiger partial charge in [0, 0.05) is 18.5 Å². The first kappa shape index (κ1) is 21.4. The fourth-order valence-electron chi connectivity index (χ4n) is 3.43. The number of carbonyl (C=O) groups is 1. The van der Waals surface area contributed by atoms with Gasteiger partial charge in [-0.05, 0) is 36.1 Å². The summed E-state index contributed by atoms with van der Waals surface area (Å²) in [6.07, 6.45) is -1.74. The number of amides is 1. The molecule has 0 saturated heterocycles. The van der Waals surface area contributed by atoms with Crippen LogP contribution in [0.3, 0.4) is 0 Å². The van der Waals surface area contributed by atoms with Gasteiger partial charge in [0.25, 0.3) is 11.5 Å². The highest BCUT2D eigenvalue weighted by atomic mass is 19.4. The quantitative estimate of drug-likeness (QED) is 0.580. The first-order valence-corrected chi connectivity index (χ1v) is 9.34. The number of carbonyl (C=O) groups excluding carboxylic acids is 1. The van der Waals surface area contributed by atoms with Crippen molar-refractivity contribution in [2.45, 2.75) is 25.2 Å². The molecule has 1 amide bonds. The number of H-pyrrole nitrogens is 1. The summed E-state index contributed by atoms with van der Waals surface area (Å²) in [6.45, 7) is 1.78. The van der Waals surface area contributed by atoms with E-state index in [0.29, 0.717) is 6.42 Å². The van der Waals surface area contributed by atoms with Crippen LogP contribution in [-0.2, 0) is 5.54 Å². The van der Waals surface area contributed by atoms with Crippen molar-refractivity contribution < 1.29 is 27.1 Å². The summed E-state index contributed by atoms with van der Waals surface area (Å²) in [4.78, 5) is 39.4. The van der Waals surface area contributed by atoms with Crippen molar-refractivity contribution in [1.29, 1.82) is 0 Å². The average Bonchev–Trinajstić information content (AvgIpc) is 3.38. The number of aromatic amines is 1. The van der Waals surface area contributed by atoms with Crippen molar-refractivity contribution in [2.75, 3.05) is 0 Å². The Hall–Kier alpha value is -3.83. The lowest BCUT2D eigenvalue weighted by molar-refractivity contribution is -0.275. The Morgan fingerprint density at radius 3 is 2.53 bits per heavy atom. The molecule has 1 aromatic carbocycles. The minimum atomic E-state index is -5.03. The van der Waals surface area contributed by atoms with Crippen molar-refractivity contribution in [3.63, 3.8) is 0 Å². The molecule has 2 N–H and O–H groups in total. The number of hydrogen-bond donors (Lipinski definition) is 2. The molecule has 0 aliphatic heterocycles. The topological polar surface area (TPSA) is 110 Å². The van der Waals surface area contributed by atoms with Crippen LogP contribution in [0, 0.1) is 11.7 Å². The molecule has 12 heteroatoms. The number of aromatic nitrogens is 4. The van der Waals surface area contributed by atoms with Crippen LogP contribution in [0.25, 0.3) is 11.6 Å². The number of halogens is 4. The Morgan fingerprint density at radius 1 is 1.25 bits per heavy atom. The van der Waals surface area contributed by atoms with Crippen molar-refractivity contribution in [3.05, 3.63) is 70.2 Å². The molecule has 0 radical (unpaired) electrons. The number of alkyl halides is 3. The molecule has 1 saturated carbocycles. The van der Waals surface area contributed by atoms with Crippen LogP contribution in [0.2, 0.25) is 0 Å². The predicted octanol–water partition coefficient (Wildman–Crippen LogP) is 2.93. The molecule has 2 unspecified atom stereocenters. The first-order chi connectivity index (χ1) is 15.1. The van der Waals surface area contributed by atoms with Crippen molar-refractivity contribution in [1.82, 2.24) is 25.3 Å². The lowest BCUT2D eigenvalue weighted by atomic mass is 10.0. The van der Waals surface area contributed by atoms with E-state index in [2.05, 4.69) is 30.0 Å². The number of nitrogens with one attached hydrogen (secondary N) is 2. The molecule has 1 aliphatic rings. The summed E-state index contributed by atoms with van der Waals surface area (Å²) in [5, 5.41) is 2.73. The second-order valence-corrected chi connectivity index (χ2v) is 7.28. The molecule has 2 atom stereocenters. The molecule has 8 nitrogen and oxygen atoms in total. The molecular formula is C20H15F4N5O3. The van der Waals surface area contributed by atoms with Gasteiger partial charge in [0.1, 0.15) is 5.69 Å². The number of rotatable bonds is 5. The van der Waals surface area contributed by atoms with E-state index < -0.39 is 34.9 Å². The molecule has 1 fully saturated rings. The maximum atomic E-state index is 14.2. The Morgan fingerprint density at radius 2 is 1.94 bits per heavy atom. The van der Waals surface area contributed by atoms with E-state index >= 15 is 0 Å². The minimum Gasteiger partial charge on any atom is -0.403 e. The maximum absolute atomic E-state index is 14.2. The summed E-state index contributed by atoms with van der Waals surface area (Å²) in [5.41, 5.74) is -1.58. The van der Waals surface area contributed by atoms with Gasteiger partial charge < -0.3 is 15.0 Å². The summed E-state index contributed by atoms with van der Waals surface area (Å²) in [7, 11) is 0. The van der Waals surface area contributed by atoms with Crippen LogP contribution >= 0.6 is 0 Å². The van der Waals surface area contributed by atoms with Gasteiger partial charge >= 0.3 is 6.36 Å². The van der Waals surface area contributed by atoms with Gasteiger partial charge in [-0.2, -0.15) is 0 Å². The summed E-state index contributed by atoms with van der Waals surface area (Å²) in [6, 6.07) is 5.55. The lowest BCUT2D eigenvalue weighted by Gasteiger charge is -2.20. The van der Waals surface area contributed by atoms with Crippen molar-refractivity contribution >= 4 is 5.91 Å². The summed E-state index contributed by atoms with van der Waals surface area (Å²) in [5.74, 6) is -2.95. The van der Waals surface area contributed by atoms with E-state index in [0.717, 1.165) is 18.2 Å². The van der Waals surface area contributed by atoms with E-state index in [4.69, 9.17) is 0 Å². The van der Waals surface area contributed by atoms with Gasteiger partial charge in [0.05, 0.1) is 5.54 Å². The Balaban J connectivity index is 1.61. The van der Waals surface area contributed by atoms with Gasteiger partial charge in [0.15, 0.2) is 23.2 Å². The van der Waals surface area contributed by atoms with Gasteiger partial charge in [-0.15, -0.1) is 13.2 Å². The maximum Gasteiger partial charge on any atom is 0.573 e. The normalized spacial score (nSPS) is 20.0. The second kappa shape index (κ2) is 7.70. The molecule has 4 rings (SSSR count). The standard InChI is InChI=1S/C20H15F4N5O3/c1-10-9-19(10,11-3-4-14(12(21)7-11)32-20(22,23)24)29-18(31)13-8-15(30)28-17(27-13)16-25-5-2-6-26-16/h2-8,10H,9H2,1H3,(H,29,31)(H,27,28,30). The number of hydrogen-bond acceptors (Lipinski definition) is 6. The number of nitrogens with zero attached hydrogens (tertiary/aromatic N) is 3. The Bertz CT molecular complexity index is 1230. The summed E-state index contributed by atoms with van der Waals surface area (Å²) >= 11 is 0. The smallest absolute Gasteiger partial charge is 0.403 e. The molecule has 0 spiro atoms. The van der Waals surface area contributed by atoms with Gasteiger partial charge in [-0.1, -0.05) is 13.0 Å². The van der Waals surface area contributed by atoms with Gasteiger partial charge in [-0.25, -0.2) is 19.3 Å². The van der Waals surface area contributed by atoms with Crippen molar-refractivity contribution in [2.24, 2.45) is 5.92 Å². The highest BCUT2D eigenvalue weighted by Crippen LogP contribution is 2.52. The molecule has 32 heavy (non-hydrogen) atoms. The SMILES string of the molecule is CC1CC1(NC(=O)c1cc(=O)[nH]c(-c2ncccn2)n1)c1ccc(OC(F)(F)F)c(F)c1. The molecule has 0 bridgehead atoms. The molecular weight excluding hydrogens is 434 g/mol. The van der Waals surface area contributed by atoms with Crippen LogP contribution in [0.15, 0.2) is 47.5 Å². The zero-order chi connectivity index (χ0) is 23.1. The fraction of sp³-hybridized carbons (Fsp3) is 0.250. The third kappa shape index (κ3) is 4.29. The van der Waals surface area contributed by atoms with Crippen molar-refractivity contribution in [3.8, 4) is 17.4 Å². The highest BCUT2D eigenvalue weighted by Gasteiger charge is 2.54. The average molecular weight is 449 g/mol. The van der Waals surface area contributed by atoms with Gasteiger partial charge in [0.2, 0.25) is 0 Å². The highest BCUT2D eigenvalue weighted by molar-refractivity contribution is 5.93. The largest absolute Gasteiger partial charge is 0.573 e. The van der Waals surface area contributed by atoms with Crippen LogP contribution in [0.1, 0.15) is 29.4 Å². The van der Waals surface area contributed by atoms with E-state index in [9.17, 15) is 27.2 Å². The molecule has 1 aliphatic carbocycles. The Labute approximate surface area is 177 Å². The monoisotopic (exact) mass is 449 g/mol. The zero-order valence-electron chi connectivity index (χ0n) is 16.4. The molecule has 2 heterocycles. The van der Waals surface area contributed by atoms with Crippen LogP contribution in [0.5, 0.6) is 5.75 Å².